The number of anilines is 1. The maximum absolute atomic E-state index is 12.6. The maximum atomic E-state index is 12.6. The number of morpholine rings is 1. The van der Waals surface area contributed by atoms with Gasteiger partial charge in [0.05, 0.1) is 34.1 Å². The van der Waals surface area contributed by atoms with Crippen LogP contribution in [0, 0.1) is 0 Å². The van der Waals surface area contributed by atoms with Crippen molar-refractivity contribution in [3.05, 3.63) is 47.5 Å². The molecule has 3 aromatic rings. The van der Waals surface area contributed by atoms with E-state index in [9.17, 15) is 13.2 Å². The molecule has 0 atom stereocenters. The lowest BCUT2D eigenvalue weighted by Gasteiger charge is -2.26. The molecule has 30 heavy (non-hydrogen) atoms. The van der Waals surface area contributed by atoms with Crippen LogP contribution in [-0.4, -0.2) is 55.7 Å². The minimum Gasteiger partial charge on any atom is -0.379 e. The first kappa shape index (κ1) is 21.5. The van der Waals surface area contributed by atoms with Crippen molar-refractivity contribution in [2.24, 2.45) is 0 Å². The highest BCUT2D eigenvalue weighted by atomic mass is 35.5. The highest BCUT2D eigenvalue weighted by Crippen LogP contribution is 2.31. The van der Waals surface area contributed by atoms with Gasteiger partial charge < -0.3 is 10.1 Å². The summed E-state index contributed by atoms with van der Waals surface area (Å²) >= 11 is 8.83. The van der Waals surface area contributed by atoms with Gasteiger partial charge in [-0.05, 0) is 42.5 Å². The van der Waals surface area contributed by atoms with Crippen LogP contribution in [-0.2, 0) is 19.6 Å². The van der Waals surface area contributed by atoms with Crippen LogP contribution in [0.25, 0.3) is 10.2 Å². The van der Waals surface area contributed by atoms with Crippen molar-refractivity contribution in [3.8, 4) is 0 Å². The summed E-state index contributed by atoms with van der Waals surface area (Å²) < 4.78 is 33.7. The Labute approximate surface area is 187 Å². The van der Waals surface area contributed by atoms with Crippen LogP contribution in [0.3, 0.4) is 0 Å². The quantitative estimate of drug-likeness (QED) is 0.538. The van der Waals surface area contributed by atoms with Gasteiger partial charge in [-0.1, -0.05) is 23.4 Å². The fraction of sp³-hybridized carbons (Fsp3) is 0.263. The highest BCUT2D eigenvalue weighted by Gasteiger charge is 2.26. The highest BCUT2D eigenvalue weighted by molar-refractivity contribution is 8.01. The molecule has 0 aliphatic carbocycles. The molecule has 1 N–H and O–H groups in total. The van der Waals surface area contributed by atoms with Crippen molar-refractivity contribution in [3.63, 3.8) is 0 Å². The molecule has 0 radical (unpaired) electrons. The van der Waals surface area contributed by atoms with Gasteiger partial charge >= 0.3 is 0 Å². The number of nitrogens with one attached hydrogen (secondary N) is 1. The topological polar surface area (TPSA) is 88.6 Å². The average molecular weight is 484 g/mol. The monoisotopic (exact) mass is 483 g/mol. The van der Waals surface area contributed by atoms with E-state index in [-0.39, 0.29) is 16.6 Å². The summed E-state index contributed by atoms with van der Waals surface area (Å²) in [7, 11) is -3.55. The first-order chi connectivity index (χ1) is 14.4. The Morgan fingerprint density at radius 3 is 2.67 bits per heavy atom. The molecule has 0 saturated carbocycles. The Balaban J connectivity index is 1.35. The van der Waals surface area contributed by atoms with Gasteiger partial charge in [0.15, 0.2) is 4.34 Å². The second-order valence-corrected chi connectivity index (χ2v) is 11.1. The number of rotatable bonds is 6. The molecule has 2 heterocycles. The molecule has 1 aliphatic rings. The van der Waals surface area contributed by atoms with Crippen molar-refractivity contribution in [1.82, 2.24) is 9.29 Å². The van der Waals surface area contributed by atoms with E-state index in [1.807, 2.05) is 12.1 Å². The van der Waals surface area contributed by atoms with Crippen LogP contribution < -0.4 is 5.32 Å². The van der Waals surface area contributed by atoms with Crippen molar-refractivity contribution >= 4 is 66.5 Å². The number of amides is 1. The van der Waals surface area contributed by atoms with Crippen LogP contribution in [0.2, 0.25) is 5.02 Å². The molecule has 0 unspecified atom stereocenters. The van der Waals surface area contributed by atoms with E-state index < -0.39 is 10.0 Å². The SMILES string of the molecule is O=C(CSc1nc2cc(Cl)ccc2s1)Nc1ccc(S(=O)(=O)N2CCOCC2)cc1. The van der Waals surface area contributed by atoms with Crippen molar-refractivity contribution in [2.45, 2.75) is 9.24 Å². The third-order valence-corrected chi connectivity index (χ3v) is 8.73. The third-order valence-electron chi connectivity index (χ3n) is 4.40. The number of hydrogen-bond donors (Lipinski definition) is 1. The van der Waals surface area contributed by atoms with Crippen molar-refractivity contribution in [1.29, 1.82) is 0 Å². The Bertz CT molecular complexity index is 1160. The van der Waals surface area contributed by atoms with Crippen LogP contribution in [0.5, 0.6) is 0 Å². The van der Waals surface area contributed by atoms with Gasteiger partial charge in [0.25, 0.3) is 0 Å². The van der Waals surface area contributed by atoms with E-state index in [4.69, 9.17) is 16.3 Å². The smallest absolute Gasteiger partial charge is 0.243 e. The van der Waals surface area contributed by atoms with Crippen LogP contribution in [0.15, 0.2) is 51.7 Å². The van der Waals surface area contributed by atoms with Gasteiger partial charge in [-0.3, -0.25) is 4.79 Å². The molecule has 158 valence electrons. The number of nitrogens with zero attached hydrogens (tertiary/aromatic N) is 2. The number of sulfonamides is 1. The average Bonchev–Trinajstić information content (AvgIpc) is 3.15. The van der Waals surface area contributed by atoms with E-state index in [0.29, 0.717) is 37.0 Å². The lowest BCUT2D eigenvalue weighted by Crippen LogP contribution is -2.40. The second kappa shape index (κ2) is 9.21. The number of thioether (sulfide) groups is 1. The van der Waals surface area contributed by atoms with Gasteiger partial charge in [-0.15, -0.1) is 11.3 Å². The summed E-state index contributed by atoms with van der Waals surface area (Å²) in [5.74, 6) is 0.00237. The Morgan fingerprint density at radius 2 is 1.93 bits per heavy atom. The van der Waals surface area contributed by atoms with Gasteiger partial charge in [-0.25, -0.2) is 13.4 Å². The number of carbonyl (C=O) groups is 1. The largest absolute Gasteiger partial charge is 0.379 e. The first-order valence-corrected chi connectivity index (χ1v) is 12.7. The number of thiazole rings is 1. The summed E-state index contributed by atoms with van der Waals surface area (Å²) in [4.78, 5) is 16.9. The third kappa shape index (κ3) is 4.96. The first-order valence-electron chi connectivity index (χ1n) is 9.08. The molecule has 0 spiro atoms. The Hall–Kier alpha value is -1.69. The minimum atomic E-state index is -3.55. The van der Waals surface area contributed by atoms with Gasteiger partial charge in [0.1, 0.15) is 0 Å². The maximum Gasteiger partial charge on any atom is 0.243 e. The van der Waals surface area contributed by atoms with Crippen molar-refractivity contribution in [2.75, 3.05) is 37.4 Å². The zero-order valence-corrected chi connectivity index (χ0v) is 18.9. The van der Waals surface area contributed by atoms with E-state index in [2.05, 4.69) is 10.3 Å². The van der Waals surface area contributed by atoms with Gasteiger partial charge in [-0.2, -0.15) is 4.31 Å². The second-order valence-electron chi connectivity index (χ2n) is 6.47. The predicted octanol–water partition coefficient (Wildman–Crippen LogP) is 3.70. The van der Waals surface area contributed by atoms with E-state index in [1.165, 1.54) is 39.5 Å². The molecular weight excluding hydrogens is 466 g/mol. The number of benzene rings is 2. The zero-order chi connectivity index (χ0) is 21.1. The number of halogens is 1. The van der Waals surface area contributed by atoms with E-state index in [0.717, 1.165) is 14.6 Å². The van der Waals surface area contributed by atoms with Gasteiger partial charge in [0.2, 0.25) is 15.9 Å². The lowest BCUT2D eigenvalue weighted by atomic mass is 10.3. The van der Waals surface area contributed by atoms with Crippen LogP contribution >= 0.6 is 34.7 Å². The normalized spacial score (nSPS) is 15.4. The number of aromatic nitrogens is 1. The summed E-state index contributed by atoms with van der Waals surface area (Å²) in [5, 5.41) is 3.41. The molecule has 1 aromatic heterocycles. The predicted molar refractivity (Wildman–Crippen MR) is 120 cm³/mol. The molecule has 1 fully saturated rings. The number of carbonyl (C=O) groups excluding carboxylic acids is 1. The van der Waals surface area contributed by atoms with Crippen molar-refractivity contribution < 1.29 is 17.9 Å². The number of ether oxygens (including phenoxy) is 1. The van der Waals surface area contributed by atoms with E-state index >= 15 is 0 Å². The lowest BCUT2D eigenvalue weighted by molar-refractivity contribution is -0.113. The van der Waals surface area contributed by atoms with Gasteiger partial charge in [0, 0.05) is 23.8 Å². The van der Waals surface area contributed by atoms with E-state index in [1.54, 1.807) is 18.2 Å². The minimum absolute atomic E-state index is 0.193. The number of hydrogen-bond acceptors (Lipinski definition) is 7. The Morgan fingerprint density at radius 1 is 1.20 bits per heavy atom. The Kier molecular flexibility index (Phi) is 6.61. The summed E-state index contributed by atoms with van der Waals surface area (Å²) in [6, 6.07) is 11.7. The summed E-state index contributed by atoms with van der Waals surface area (Å²) in [5.41, 5.74) is 1.35. The fourth-order valence-electron chi connectivity index (χ4n) is 2.91. The molecule has 7 nitrogen and oxygen atoms in total. The van der Waals surface area contributed by atoms with Crippen LogP contribution in [0.4, 0.5) is 5.69 Å². The molecule has 1 saturated heterocycles. The molecule has 1 amide bonds. The van der Waals surface area contributed by atoms with Crippen LogP contribution in [0.1, 0.15) is 0 Å². The summed E-state index contributed by atoms with van der Waals surface area (Å²) in [6.45, 7) is 1.48. The molecule has 11 heteroatoms. The molecule has 2 aromatic carbocycles. The number of fused-ring (bicyclic) bond motifs is 1. The molecule has 4 rings (SSSR count). The standard InChI is InChI=1S/C19H18ClN3O4S3/c20-13-1-6-17-16(11-13)22-19(29-17)28-12-18(24)21-14-2-4-15(5-3-14)30(25,26)23-7-9-27-10-8-23/h1-6,11H,7-10,12H2,(H,21,24). The zero-order valence-electron chi connectivity index (χ0n) is 15.7. The fourth-order valence-corrected chi connectivity index (χ4v) is 6.33. The molecule has 1 aliphatic heterocycles. The molecular formula is C19H18ClN3O4S3. The summed E-state index contributed by atoms with van der Waals surface area (Å²) in [6.07, 6.45) is 0. The molecule has 0 bridgehead atoms.